The Kier molecular flexibility index (Phi) is 5.73. The Bertz CT molecular complexity index is 659. The molecular weight excluding hydrogens is 345 g/mol. The summed E-state index contributed by atoms with van der Waals surface area (Å²) in [7, 11) is 0. The lowest BCUT2D eigenvalue weighted by molar-refractivity contribution is 0.0174. The summed E-state index contributed by atoms with van der Waals surface area (Å²) >= 11 is 0. The number of pyridine rings is 1. The molecule has 0 aliphatic carbocycles. The Morgan fingerprint density at radius 1 is 1.26 bits per heavy atom. The number of piperazine rings is 3. The van der Waals surface area contributed by atoms with E-state index in [2.05, 4.69) is 32.3 Å². The van der Waals surface area contributed by atoms with Crippen LogP contribution in [0.1, 0.15) is 13.3 Å². The van der Waals surface area contributed by atoms with E-state index >= 15 is 0 Å². The van der Waals surface area contributed by atoms with Gasteiger partial charge in [0.1, 0.15) is 0 Å². The van der Waals surface area contributed by atoms with E-state index in [9.17, 15) is 4.39 Å². The number of halogens is 1. The predicted molar refractivity (Wildman–Crippen MR) is 106 cm³/mol. The van der Waals surface area contributed by atoms with Gasteiger partial charge in [0, 0.05) is 70.6 Å². The molecular formula is C19H30FN7. The average molecular weight is 375 g/mol. The molecule has 4 aliphatic heterocycles. The molecule has 8 heteroatoms. The lowest BCUT2D eigenvalue weighted by Crippen LogP contribution is -2.62. The summed E-state index contributed by atoms with van der Waals surface area (Å²) < 4.78 is 14.0. The fourth-order valence-corrected chi connectivity index (χ4v) is 4.29. The minimum absolute atomic E-state index is 0.246. The third kappa shape index (κ3) is 4.32. The monoisotopic (exact) mass is 375 g/mol. The molecule has 5 rings (SSSR count). The van der Waals surface area contributed by atoms with Gasteiger partial charge in [0.2, 0.25) is 0 Å². The third-order valence-electron chi connectivity index (χ3n) is 5.76. The van der Waals surface area contributed by atoms with Gasteiger partial charge in [0.15, 0.2) is 17.6 Å². The molecule has 4 aliphatic rings. The molecule has 1 aromatic rings. The number of fused-ring (bicyclic) bond motifs is 3. The highest BCUT2D eigenvalue weighted by Crippen LogP contribution is 2.21. The van der Waals surface area contributed by atoms with Crippen molar-refractivity contribution in [2.45, 2.75) is 25.4 Å². The Hall–Kier alpha value is -1.93. The number of hydrogen-bond donors (Lipinski definition) is 2. The van der Waals surface area contributed by atoms with Crippen LogP contribution in [0.4, 0.5) is 10.2 Å². The molecule has 0 radical (unpaired) electrons. The highest BCUT2D eigenvalue weighted by Gasteiger charge is 2.31. The van der Waals surface area contributed by atoms with Gasteiger partial charge in [-0.05, 0) is 25.5 Å². The molecule has 1 aromatic heterocycles. The zero-order valence-electron chi connectivity index (χ0n) is 16.1. The first-order valence-corrected chi connectivity index (χ1v) is 10.1. The van der Waals surface area contributed by atoms with E-state index in [0.29, 0.717) is 11.9 Å². The van der Waals surface area contributed by atoms with Crippen molar-refractivity contribution in [3.8, 4) is 0 Å². The number of rotatable bonds is 5. The summed E-state index contributed by atoms with van der Waals surface area (Å²) in [6.07, 6.45) is 2.59. The molecule has 2 bridgehead atoms. The van der Waals surface area contributed by atoms with Gasteiger partial charge < -0.3 is 15.5 Å². The molecule has 0 saturated carbocycles. The molecule has 0 amide bonds. The fourth-order valence-electron chi connectivity index (χ4n) is 4.29. The topological polar surface area (TPSA) is 59.0 Å². The smallest absolute Gasteiger partial charge is 0.191 e. The van der Waals surface area contributed by atoms with Crippen molar-refractivity contribution >= 4 is 11.8 Å². The van der Waals surface area contributed by atoms with Crippen LogP contribution in [0.25, 0.3) is 0 Å². The van der Waals surface area contributed by atoms with Crippen LogP contribution in [0.5, 0.6) is 0 Å². The largest absolute Gasteiger partial charge is 0.357 e. The number of guanidine groups is 1. The first-order valence-electron chi connectivity index (χ1n) is 10.1. The van der Waals surface area contributed by atoms with E-state index in [4.69, 9.17) is 4.99 Å². The van der Waals surface area contributed by atoms with Gasteiger partial charge in [-0.2, -0.15) is 0 Å². The summed E-state index contributed by atoms with van der Waals surface area (Å²) in [5, 5.41) is 6.89. The van der Waals surface area contributed by atoms with Crippen molar-refractivity contribution in [3.05, 3.63) is 24.1 Å². The van der Waals surface area contributed by atoms with Crippen LogP contribution in [0.2, 0.25) is 0 Å². The predicted octanol–water partition coefficient (Wildman–Crippen LogP) is 0.354. The van der Waals surface area contributed by atoms with Gasteiger partial charge in [-0.1, -0.05) is 0 Å². The summed E-state index contributed by atoms with van der Waals surface area (Å²) in [5.41, 5.74) is 0. The quantitative estimate of drug-likeness (QED) is 0.572. The average Bonchev–Trinajstić information content (AvgIpc) is 3.16. The second-order valence-electron chi connectivity index (χ2n) is 7.59. The molecule has 2 N–H and O–H groups in total. The summed E-state index contributed by atoms with van der Waals surface area (Å²) in [6.45, 7) is 11.1. The van der Waals surface area contributed by atoms with Crippen molar-refractivity contribution in [1.82, 2.24) is 25.4 Å². The molecule has 2 unspecified atom stereocenters. The van der Waals surface area contributed by atoms with Crippen molar-refractivity contribution < 1.29 is 4.39 Å². The summed E-state index contributed by atoms with van der Waals surface area (Å²) in [6, 6.07) is 3.87. The van der Waals surface area contributed by atoms with E-state index in [1.807, 2.05) is 4.90 Å². The third-order valence-corrected chi connectivity index (χ3v) is 5.76. The maximum Gasteiger partial charge on any atom is 0.191 e. The zero-order valence-corrected chi connectivity index (χ0v) is 16.1. The lowest BCUT2D eigenvalue weighted by atomic mass is 10.1. The maximum atomic E-state index is 14.0. The highest BCUT2D eigenvalue weighted by molar-refractivity contribution is 5.80. The maximum absolute atomic E-state index is 14.0. The molecule has 4 fully saturated rings. The Morgan fingerprint density at radius 3 is 2.81 bits per heavy atom. The second kappa shape index (κ2) is 8.39. The minimum atomic E-state index is -0.255. The SMILES string of the molecule is CCNC(=NCC1CN2CCN1CC2)NC1CCN(c2ncccc2F)C1. The Labute approximate surface area is 160 Å². The van der Waals surface area contributed by atoms with Crippen molar-refractivity contribution in [2.75, 3.05) is 63.8 Å². The molecule has 7 nitrogen and oxygen atoms in total. The van der Waals surface area contributed by atoms with Crippen molar-refractivity contribution in [3.63, 3.8) is 0 Å². The van der Waals surface area contributed by atoms with Gasteiger partial charge in [-0.3, -0.25) is 14.8 Å². The molecule has 148 valence electrons. The fraction of sp³-hybridized carbons (Fsp3) is 0.684. The lowest BCUT2D eigenvalue weighted by Gasteiger charge is -2.47. The van der Waals surface area contributed by atoms with Crippen LogP contribution >= 0.6 is 0 Å². The van der Waals surface area contributed by atoms with Crippen LogP contribution in [0, 0.1) is 5.82 Å². The number of aliphatic imine (C=N–C) groups is 1. The Balaban J connectivity index is 1.34. The van der Waals surface area contributed by atoms with Crippen LogP contribution in [0.15, 0.2) is 23.3 Å². The van der Waals surface area contributed by atoms with E-state index < -0.39 is 0 Å². The van der Waals surface area contributed by atoms with Gasteiger partial charge in [0.05, 0.1) is 6.54 Å². The number of hydrogen-bond acceptors (Lipinski definition) is 5. The Morgan fingerprint density at radius 2 is 2.11 bits per heavy atom. The first kappa shape index (κ1) is 18.4. The van der Waals surface area contributed by atoms with Gasteiger partial charge in [0.25, 0.3) is 0 Å². The molecule has 4 saturated heterocycles. The van der Waals surface area contributed by atoms with E-state index in [0.717, 1.165) is 58.2 Å². The summed E-state index contributed by atoms with van der Waals surface area (Å²) in [4.78, 5) is 16.2. The molecule has 0 aromatic carbocycles. The van der Waals surface area contributed by atoms with Crippen LogP contribution in [0.3, 0.4) is 0 Å². The highest BCUT2D eigenvalue weighted by atomic mass is 19.1. The van der Waals surface area contributed by atoms with E-state index in [1.54, 1.807) is 12.3 Å². The van der Waals surface area contributed by atoms with Gasteiger partial charge >= 0.3 is 0 Å². The summed E-state index contributed by atoms with van der Waals surface area (Å²) in [5.74, 6) is 1.06. The molecule has 5 heterocycles. The number of aromatic nitrogens is 1. The molecule has 0 spiro atoms. The normalized spacial score (nSPS) is 30.6. The van der Waals surface area contributed by atoms with Crippen molar-refractivity contribution in [1.29, 1.82) is 0 Å². The standard InChI is InChI=1S/C19H30FN7/c1-2-21-19(23-12-16-14-25-8-10-26(16)11-9-25)24-15-5-7-27(13-15)18-17(20)4-3-6-22-18/h3-4,6,15-16H,2,5,7-14H2,1H3,(H2,21,23,24). The zero-order chi connectivity index (χ0) is 18.6. The number of nitrogens with zero attached hydrogens (tertiary/aromatic N) is 5. The molecule has 2 atom stereocenters. The van der Waals surface area contributed by atoms with Crippen molar-refractivity contribution in [2.24, 2.45) is 4.99 Å². The van der Waals surface area contributed by atoms with Gasteiger partial charge in [-0.15, -0.1) is 0 Å². The number of nitrogens with one attached hydrogen (secondary N) is 2. The van der Waals surface area contributed by atoms with Crippen LogP contribution in [-0.2, 0) is 0 Å². The second-order valence-corrected chi connectivity index (χ2v) is 7.59. The molecule has 27 heavy (non-hydrogen) atoms. The van der Waals surface area contributed by atoms with Gasteiger partial charge in [-0.25, -0.2) is 9.37 Å². The van der Waals surface area contributed by atoms with E-state index in [-0.39, 0.29) is 11.9 Å². The minimum Gasteiger partial charge on any atom is -0.357 e. The van der Waals surface area contributed by atoms with Crippen LogP contribution < -0.4 is 15.5 Å². The first-order chi connectivity index (χ1) is 13.2. The van der Waals surface area contributed by atoms with E-state index in [1.165, 1.54) is 19.2 Å². The number of anilines is 1. The van der Waals surface area contributed by atoms with Crippen LogP contribution in [-0.4, -0.2) is 91.7 Å².